The summed E-state index contributed by atoms with van der Waals surface area (Å²) in [5.41, 5.74) is 2.83. The zero-order chi connectivity index (χ0) is 17.6. The summed E-state index contributed by atoms with van der Waals surface area (Å²) >= 11 is 6.08. The van der Waals surface area contributed by atoms with Gasteiger partial charge in [0.05, 0.1) is 0 Å². The minimum atomic E-state index is -0.254. The largest absolute Gasteiger partial charge is 0.399 e. The summed E-state index contributed by atoms with van der Waals surface area (Å²) in [7, 11) is 1.53. The lowest BCUT2D eigenvalue weighted by Gasteiger charge is -2.36. The molecule has 0 unspecified atom stereocenters. The minimum Gasteiger partial charge on any atom is -0.399 e. The quantitative estimate of drug-likeness (QED) is 0.601. The number of nitrogens with zero attached hydrogens (tertiary/aromatic N) is 3. The monoisotopic (exact) mass is 361 g/mol. The predicted molar refractivity (Wildman–Crippen MR) is 100 cm³/mol. The Labute approximate surface area is 152 Å². The molecule has 6 heteroatoms. The lowest BCUT2D eigenvalue weighted by Crippen LogP contribution is -2.48. The van der Waals surface area contributed by atoms with Gasteiger partial charge in [-0.3, -0.25) is 4.90 Å². The van der Waals surface area contributed by atoms with Crippen molar-refractivity contribution in [2.24, 2.45) is 5.16 Å². The Balaban J connectivity index is 1.62. The van der Waals surface area contributed by atoms with E-state index >= 15 is 0 Å². The van der Waals surface area contributed by atoms with Gasteiger partial charge in [0.2, 0.25) is 0 Å². The van der Waals surface area contributed by atoms with Crippen LogP contribution in [-0.4, -0.2) is 50.4 Å². The lowest BCUT2D eigenvalue weighted by atomic mass is 10.1. The van der Waals surface area contributed by atoms with Gasteiger partial charge in [-0.25, -0.2) is 4.39 Å². The van der Waals surface area contributed by atoms with Crippen molar-refractivity contribution in [2.45, 2.75) is 0 Å². The molecule has 0 aliphatic carbocycles. The van der Waals surface area contributed by atoms with E-state index in [1.807, 2.05) is 18.2 Å². The second-order valence-electron chi connectivity index (χ2n) is 5.97. The molecule has 1 fully saturated rings. The van der Waals surface area contributed by atoms with Gasteiger partial charge in [-0.1, -0.05) is 35.0 Å². The van der Waals surface area contributed by atoms with Gasteiger partial charge in [-0.2, -0.15) is 0 Å². The van der Waals surface area contributed by atoms with Crippen LogP contribution in [0.2, 0.25) is 5.02 Å². The van der Waals surface area contributed by atoms with Crippen molar-refractivity contribution >= 4 is 23.0 Å². The molecular weight excluding hydrogens is 341 g/mol. The molecule has 1 heterocycles. The highest BCUT2D eigenvalue weighted by atomic mass is 35.5. The molecule has 132 valence electrons. The van der Waals surface area contributed by atoms with E-state index in [9.17, 15) is 4.39 Å². The van der Waals surface area contributed by atoms with Crippen LogP contribution in [0.1, 0.15) is 5.56 Å². The Morgan fingerprint density at radius 3 is 2.48 bits per heavy atom. The average molecular weight is 362 g/mol. The van der Waals surface area contributed by atoms with Gasteiger partial charge in [0, 0.05) is 49.0 Å². The van der Waals surface area contributed by atoms with E-state index in [-0.39, 0.29) is 5.82 Å². The Hall–Kier alpha value is -2.11. The minimum absolute atomic E-state index is 0.254. The first-order chi connectivity index (χ1) is 12.2. The zero-order valence-corrected chi connectivity index (χ0v) is 14.9. The van der Waals surface area contributed by atoms with Crippen LogP contribution in [0.3, 0.4) is 0 Å². The van der Waals surface area contributed by atoms with E-state index in [1.165, 1.54) is 19.2 Å². The highest BCUT2D eigenvalue weighted by molar-refractivity contribution is 6.30. The number of anilines is 1. The van der Waals surface area contributed by atoms with Crippen molar-refractivity contribution in [3.8, 4) is 0 Å². The van der Waals surface area contributed by atoms with E-state index in [1.54, 1.807) is 12.1 Å². The zero-order valence-electron chi connectivity index (χ0n) is 14.2. The maximum Gasteiger partial charge on any atom is 0.123 e. The van der Waals surface area contributed by atoms with Crippen LogP contribution >= 0.6 is 11.6 Å². The van der Waals surface area contributed by atoms with E-state index < -0.39 is 0 Å². The molecule has 0 aromatic heterocycles. The standard InChI is InChI=1S/C19H21ClFN3O/c1-25-22-19(15-5-7-17(21)8-6-15)14-23-9-11-24(12-10-23)18-4-2-3-16(20)13-18/h2-8,13H,9-12,14H2,1H3/b22-19-. The Morgan fingerprint density at radius 2 is 1.84 bits per heavy atom. The van der Waals surface area contributed by atoms with Gasteiger partial charge in [-0.05, 0) is 30.3 Å². The van der Waals surface area contributed by atoms with Crippen LogP contribution in [0.5, 0.6) is 0 Å². The fourth-order valence-corrected chi connectivity index (χ4v) is 3.16. The third kappa shape index (κ3) is 4.71. The maximum absolute atomic E-state index is 13.1. The van der Waals surface area contributed by atoms with Gasteiger partial charge in [0.15, 0.2) is 0 Å². The van der Waals surface area contributed by atoms with Crippen LogP contribution in [0.15, 0.2) is 53.7 Å². The van der Waals surface area contributed by atoms with Gasteiger partial charge < -0.3 is 9.74 Å². The third-order valence-electron chi connectivity index (χ3n) is 4.30. The molecule has 1 aliphatic heterocycles. The fourth-order valence-electron chi connectivity index (χ4n) is 2.97. The van der Waals surface area contributed by atoms with E-state index in [0.717, 1.165) is 48.2 Å². The summed E-state index contributed by atoms with van der Waals surface area (Å²) in [6, 6.07) is 14.3. The highest BCUT2D eigenvalue weighted by Gasteiger charge is 2.19. The van der Waals surface area contributed by atoms with Gasteiger partial charge in [0.25, 0.3) is 0 Å². The average Bonchev–Trinajstić information content (AvgIpc) is 2.63. The van der Waals surface area contributed by atoms with Crippen molar-refractivity contribution in [3.63, 3.8) is 0 Å². The van der Waals surface area contributed by atoms with Crippen LogP contribution in [0.4, 0.5) is 10.1 Å². The molecule has 4 nitrogen and oxygen atoms in total. The molecule has 0 spiro atoms. The third-order valence-corrected chi connectivity index (χ3v) is 4.53. The number of halogens is 2. The number of piperazine rings is 1. The van der Waals surface area contributed by atoms with Crippen molar-refractivity contribution in [2.75, 3.05) is 44.7 Å². The van der Waals surface area contributed by atoms with Crippen LogP contribution in [0.25, 0.3) is 0 Å². The number of benzene rings is 2. The summed E-state index contributed by atoms with van der Waals surface area (Å²) in [6.07, 6.45) is 0. The number of rotatable bonds is 5. The predicted octanol–water partition coefficient (Wildman–Crippen LogP) is 3.65. The molecule has 0 atom stereocenters. The fraction of sp³-hybridized carbons (Fsp3) is 0.316. The molecule has 1 aliphatic rings. The van der Waals surface area contributed by atoms with E-state index in [4.69, 9.17) is 16.4 Å². The highest BCUT2D eigenvalue weighted by Crippen LogP contribution is 2.21. The molecule has 0 saturated carbocycles. The summed E-state index contributed by atoms with van der Waals surface area (Å²) in [4.78, 5) is 9.62. The van der Waals surface area contributed by atoms with Crippen molar-refractivity contribution in [1.29, 1.82) is 0 Å². The summed E-state index contributed by atoms with van der Waals surface area (Å²) in [6.45, 7) is 4.34. The summed E-state index contributed by atoms with van der Waals surface area (Å²) < 4.78 is 13.1. The van der Waals surface area contributed by atoms with Crippen molar-refractivity contribution in [3.05, 3.63) is 64.9 Å². The van der Waals surface area contributed by atoms with Crippen molar-refractivity contribution < 1.29 is 9.23 Å². The molecule has 25 heavy (non-hydrogen) atoms. The Bertz CT molecular complexity index is 728. The van der Waals surface area contributed by atoms with Crippen LogP contribution < -0.4 is 4.90 Å². The van der Waals surface area contributed by atoms with E-state index in [2.05, 4.69) is 21.0 Å². The topological polar surface area (TPSA) is 28.1 Å². The molecular formula is C19H21ClFN3O. The number of oxime groups is 1. The molecule has 0 amide bonds. The van der Waals surface area contributed by atoms with Gasteiger partial charge in [0.1, 0.15) is 18.6 Å². The lowest BCUT2D eigenvalue weighted by molar-refractivity contribution is 0.209. The molecule has 0 radical (unpaired) electrons. The molecule has 0 N–H and O–H groups in total. The molecule has 2 aromatic rings. The molecule has 0 bridgehead atoms. The number of hydrogen-bond acceptors (Lipinski definition) is 4. The summed E-state index contributed by atoms with van der Waals surface area (Å²) in [5, 5.41) is 4.88. The van der Waals surface area contributed by atoms with Crippen LogP contribution in [0, 0.1) is 5.82 Å². The Morgan fingerprint density at radius 1 is 1.12 bits per heavy atom. The molecule has 2 aromatic carbocycles. The first kappa shape index (κ1) is 17.7. The molecule has 3 rings (SSSR count). The Kier molecular flexibility index (Phi) is 5.89. The SMILES string of the molecule is CO/N=C(/CN1CCN(c2cccc(Cl)c2)CC1)c1ccc(F)cc1. The number of hydrogen-bond donors (Lipinski definition) is 0. The second-order valence-corrected chi connectivity index (χ2v) is 6.41. The van der Waals surface area contributed by atoms with Gasteiger partial charge in [-0.15, -0.1) is 0 Å². The first-order valence-electron chi connectivity index (χ1n) is 8.24. The second kappa shape index (κ2) is 8.32. The summed E-state index contributed by atoms with van der Waals surface area (Å²) in [5.74, 6) is -0.254. The normalized spacial score (nSPS) is 16.1. The van der Waals surface area contributed by atoms with E-state index in [0.29, 0.717) is 6.54 Å². The maximum atomic E-state index is 13.1. The van der Waals surface area contributed by atoms with Crippen LogP contribution in [-0.2, 0) is 4.84 Å². The first-order valence-corrected chi connectivity index (χ1v) is 8.62. The van der Waals surface area contributed by atoms with Crippen molar-refractivity contribution in [1.82, 2.24) is 4.90 Å². The molecule has 1 saturated heterocycles. The smallest absolute Gasteiger partial charge is 0.123 e. The van der Waals surface area contributed by atoms with Gasteiger partial charge >= 0.3 is 0 Å².